The van der Waals surface area contributed by atoms with Crippen LogP contribution in [-0.4, -0.2) is 5.52 Å². The first-order valence-electron chi connectivity index (χ1n) is 6.44. The Bertz CT molecular complexity index is 483. The monoisotopic (exact) mass is 350 g/mol. The summed E-state index contributed by atoms with van der Waals surface area (Å²) in [7, 11) is 1.32. The van der Waals surface area contributed by atoms with Crippen LogP contribution in [0.5, 0.6) is 0 Å². The number of benzene rings is 1. The second-order valence-corrected chi connectivity index (χ2v) is 5.19. The molecule has 1 saturated carbocycles. The summed E-state index contributed by atoms with van der Waals surface area (Å²) in [6.07, 6.45) is -2.02. The second kappa shape index (κ2) is 9.10. The van der Waals surface area contributed by atoms with Gasteiger partial charge in [0.25, 0.3) is 0 Å². The normalized spacial score (nSPS) is 14.6. The van der Waals surface area contributed by atoms with Crippen LogP contribution in [0.3, 0.4) is 0 Å². The van der Waals surface area contributed by atoms with E-state index in [1.807, 2.05) is 0 Å². The Morgan fingerprint density at radius 3 is 1.57 bits per heavy atom. The Morgan fingerprint density at radius 1 is 0.957 bits per heavy atom. The molecule has 0 aromatic heterocycles. The molecule has 2 rings (SSSR count). The predicted molar refractivity (Wildman–Crippen MR) is 73.3 cm³/mol. The molecule has 0 saturated heterocycles. The predicted octanol–water partition coefficient (Wildman–Crippen LogP) is 2.51. The molecule has 0 N–H and O–H groups in total. The molecule has 1 atom stereocenters. The van der Waals surface area contributed by atoms with Gasteiger partial charge in [-0.1, -0.05) is 28.1 Å². The maximum absolute atomic E-state index is 12.4. The Hall–Kier alpha value is -0.503. The molecule has 1 aliphatic rings. The zero-order valence-corrected chi connectivity index (χ0v) is 13.5. The molecular weight excluding hydrogens is 336 g/mol. The van der Waals surface area contributed by atoms with Crippen LogP contribution in [-0.2, 0) is 12.4 Å². The fraction of sp³-hybridized carbons (Fsp3) is 0.429. The van der Waals surface area contributed by atoms with Gasteiger partial charge in [-0.25, -0.2) is 0 Å². The van der Waals surface area contributed by atoms with Crippen LogP contribution in [0.4, 0.5) is 26.3 Å². The van der Waals surface area contributed by atoms with Crippen molar-refractivity contribution in [2.24, 2.45) is 0 Å². The van der Waals surface area contributed by atoms with Gasteiger partial charge in [-0.05, 0) is 12.1 Å². The summed E-state index contributed by atoms with van der Waals surface area (Å²) < 4.78 is 74.7. The molecule has 1 aromatic carbocycles. The molecule has 1 nitrogen and oxygen atoms in total. The first kappa shape index (κ1) is 22.5. The van der Waals surface area contributed by atoms with E-state index >= 15 is 0 Å². The van der Waals surface area contributed by atoms with Crippen LogP contribution in [0.15, 0.2) is 18.2 Å². The standard InChI is InChI=1S/C9H5F6OP.C5H9.Li/c10-8(11,12)4-2-1-3-5(9(13,14)15)6(4)7(16)17;1-2-4-5-3-1;/h1-3H,17H2;1H,2-5H2;/q;-1;+1. The number of hydrogen-bond acceptors (Lipinski definition) is 1. The summed E-state index contributed by atoms with van der Waals surface area (Å²) in [5.41, 5.74) is -5.91. The van der Waals surface area contributed by atoms with Crippen molar-refractivity contribution in [2.45, 2.75) is 38.0 Å². The average molecular weight is 350 g/mol. The molecule has 23 heavy (non-hydrogen) atoms. The minimum atomic E-state index is -5.01. The van der Waals surface area contributed by atoms with E-state index in [0.717, 1.165) is 0 Å². The van der Waals surface area contributed by atoms with Crippen LogP contribution in [0.1, 0.15) is 47.2 Å². The minimum absolute atomic E-state index is 0. The molecule has 0 spiro atoms. The number of carbonyl (C=O) groups is 1. The van der Waals surface area contributed by atoms with Gasteiger partial charge in [-0.3, -0.25) is 4.79 Å². The van der Waals surface area contributed by atoms with Crippen molar-refractivity contribution < 1.29 is 50.0 Å². The summed E-state index contributed by atoms with van der Waals surface area (Å²) >= 11 is 0. The molecule has 124 valence electrons. The van der Waals surface area contributed by atoms with E-state index in [-0.39, 0.29) is 18.9 Å². The number of carbonyl (C=O) groups excluding carboxylic acids is 1. The molecule has 9 heteroatoms. The van der Waals surface area contributed by atoms with Gasteiger partial charge in [0, 0.05) is 5.56 Å². The van der Waals surface area contributed by atoms with Crippen molar-refractivity contribution in [3.05, 3.63) is 41.3 Å². The Balaban J connectivity index is 0.000000684. The second-order valence-electron chi connectivity index (χ2n) is 4.66. The van der Waals surface area contributed by atoms with Crippen molar-refractivity contribution in [1.82, 2.24) is 0 Å². The summed E-state index contributed by atoms with van der Waals surface area (Å²) in [5.74, 6) is 0. The van der Waals surface area contributed by atoms with Crippen LogP contribution >= 0.6 is 9.24 Å². The first-order valence-corrected chi connectivity index (χ1v) is 7.01. The molecule has 0 bridgehead atoms. The van der Waals surface area contributed by atoms with Gasteiger partial charge in [0.1, 0.15) is 0 Å². The topological polar surface area (TPSA) is 17.1 Å². The van der Waals surface area contributed by atoms with Crippen molar-refractivity contribution >= 4 is 14.8 Å². The molecule has 0 amide bonds. The first-order chi connectivity index (χ1) is 10.0. The number of hydrogen-bond donors (Lipinski definition) is 0. The van der Waals surface area contributed by atoms with Gasteiger partial charge in [0.05, 0.1) is 11.1 Å². The molecule has 1 aromatic rings. The molecule has 1 aliphatic carbocycles. The smallest absolute Gasteiger partial charge is 0.328 e. The molecule has 0 heterocycles. The van der Waals surface area contributed by atoms with Gasteiger partial charge in [0.15, 0.2) is 5.52 Å². The molecule has 0 aliphatic heterocycles. The van der Waals surface area contributed by atoms with Crippen molar-refractivity contribution in [1.29, 1.82) is 0 Å². The van der Waals surface area contributed by atoms with E-state index in [4.69, 9.17) is 0 Å². The summed E-state index contributed by atoms with van der Waals surface area (Å²) in [6.45, 7) is 0. The Labute approximate surface area is 144 Å². The quantitative estimate of drug-likeness (QED) is 0.329. The molecular formula is C14H14F6LiOP. The van der Waals surface area contributed by atoms with Gasteiger partial charge in [-0.15, -0.1) is 0 Å². The fourth-order valence-corrected chi connectivity index (χ4v) is 2.32. The largest absolute Gasteiger partial charge is 1.00 e. The Kier molecular flexibility index (Phi) is 8.91. The van der Waals surface area contributed by atoms with E-state index in [9.17, 15) is 31.1 Å². The molecule has 1 unspecified atom stereocenters. The maximum Gasteiger partial charge on any atom is 1.00 e. The zero-order chi connectivity index (χ0) is 17.0. The van der Waals surface area contributed by atoms with Crippen LogP contribution in [0, 0.1) is 6.42 Å². The number of halogens is 6. The minimum Gasteiger partial charge on any atom is -0.328 e. The van der Waals surface area contributed by atoms with Crippen LogP contribution < -0.4 is 18.9 Å². The van der Waals surface area contributed by atoms with Gasteiger partial charge >= 0.3 is 31.2 Å². The third-order valence-electron chi connectivity index (χ3n) is 2.99. The third-order valence-corrected chi connectivity index (χ3v) is 3.28. The van der Waals surface area contributed by atoms with Gasteiger partial charge in [-0.2, -0.15) is 39.2 Å². The molecule has 0 radical (unpaired) electrons. The summed E-state index contributed by atoms with van der Waals surface area (Å²) in [6, 6.07) is 1.49. The van der Waals surface area contributed by atoms with Crippen LogP contribution in [0.25, 0.3) is 0 Å². The summed E-state index contributed by atoms with van der Waals surface area (Å²) in [5, 5.41) is 0. The zero-order valence-electron chi connectivity index (χ0n) is 12.4. The number of rotatable bonds is 1. The Morgan fingerprint density at radius 2 is 1.35 bits per heavy atom. The van der Waals surface area contributed by atoms with Crippen molar-refractivity contribution in [2.75, 3.05) is 0 Å². The van der Waals surface area contributed by atoms with E-state index in [2.05, 4.69) is 6.42 Å². The van der Waals surface area contributed by atoms with Crippen molar-refractivity contribution in [3.8, 4) is 0 Å². The fourth-order valence-electron chi connectivity index (χ4n) is 2.01. The average Bonchev–Trinajstić information content (AvgIpc) is 2.94. The summed E-state index contributed by atoms with van der Waals surface area (Å²) in [4.78, 5) is 10.9. The van der Waals surface area contributed by atoms with Gasteiger partial charge < -0.3 is 6.42 Å². The van der Waals surface area contributed by atoms with Crippen molar-refractivity contribution in [3.63, 3.8) is 0 Å². The van der Waals surface area contributed by atoms with E-state index in [1.165, 1.54) is 34.9 Å². The van der Waals surface area contributed by atoms with Crippen LogP contribution in [0.2, 0.25) is 0 Å². The SMILES string of the molecule is O=C(P)c1c(C(F)(F)F)cccc1C(F)(F)F.[CH-]1CCCC1.[Li+]. The van der Waals surface area contributed by atoms with Gasteiger partial charge in [0.2, 0.25) is 0 Å². The van der Waals surface area contributed by atoms with E-state index in [1.54, 1.807) is 0 Å². The third kappa shape index (κ3) is 6.87. The number of alkyl halides is 6. The van der Waals surface area contributed by atoms with E-state index in [0.29, 0.717) is 18.2 Å². The van der Waals surface area contributed by atoms with E-state index < -0.39 is 34.6 Å². The maximum atomic E-state index is 12.4. The molecule has 1 fully saturated rings.